The van der Waals surface area contributed by atoms with E-state index in [1.54, 1.807) is 24.4 Å². The second-order valence-corrected chi connectivity index (χ2v) is 5.09. The summed E-state index contributed by atoms with van der Waals surface area (Å²) in [5.41, 5.74) is 0. The molecule has 0 saturated heterocycles. The first kappa shape index (κ1) is 12.0. The Balaban J connectivity index is 2.24. The quantitative estimate of drug-likeness (QED) is 0.598. The van der Waals surface area contributed by atoms with Crippen LogP contribution in [0.4, 0.5) is 0 Å². The average Bonchev–Trinajstić information content (AvgIpc) is 2.24. The molecule has 0 N–H and O–H groups in total. The van der Waals surface area contributed by atoms with Crippen LogP contribution < -0.4 is 0 Å². The van der Waals surface area contributed by atoms with E-state index in [1.807, 2.05) is 6.07 Å². The standard InChI is InChI=1S/C10H5Cl3N2S/c11-7-2-1-6(5-8(7)12)16-9-3-4-14-10(13)15-9/h1-5H. The molecule has 1 aromatic heterocycles. The van der Waals surface area contributed by atoms with Crippen molar-refractivity contribution in [2.75, 3.05) is 0 Å². The van der Waals surface area contributed by atoms with Gasteiger partial charge in [0.15, 0.2) is 0 Å². The fourth-order valence-corrected chi connectivity index (χ4v) is 2.41. The molecule has 1 heterocycles. The van der Waals surface area contributed by atoms with Crippen molar-refractivity contribution in [2.24, 2.45) is 0 Å². The molecular formula is C10H5Cl3N2S. The van der Waals surface area contributed by atoms with E-state index in [4.69, 9.17) is 34.8 Å². The first-order valence-corrected chi connectivity index (χ1v) is 6.21. The van der Waals surface area contributed by atoms with Crippen molar-refractivity contribution in [1.29, 1.82) is 0 Å². The van der Waals surface area contributed by atoms with Crippen LogP contribution in [0.5, 0.6) is 0 Å². The minimum atomic E-state index is 0.227. The van der Waals surface area contributed by atoms with Crippen LogP contribution in [0.2, 0.25) is 15.3 Å². The zero-order valence-electron chi connectivity index (χ0n) is 7.82. The molecule has 0 aliphatic rings. The maximum absolute atomic E-state index is 5.91. The lowest BCUT2D eigenvalue weighted by atomic mass is 10.4. The summed E-state index contributed by atoms with van der Waals surface area (Å²) in [7, 11) is 0. The van der Waals surface area contributed by atoms with E-state index in [-0.39, 0.29) is 5.28 Å². The van der Waals surface area contributed by atoms with Gasteiger partial charge in [-0.3, -0.25) is 0 Å². The summed E-state index contributed by atoms with van der Waals surface area (Å²) in [6.45, 7) is 0. The van der Waals surface area contributed by atoms with E-state index < -0.39 is 0 Å². The minimum Gasteiger partial charge on any atom is -0.226 e. The topological polar surface area (TPSA) is 25.8 Å². The van der Waals surface area contributed by atoms with E-state index in [9.17, 15) is 0 Å². The maximum Gasteiger partial charge on any atom is 0.223 e. The lowest BCUT2D eigenvalue weighted by molar-refractivity contribution is 1.05. The molecular weight excluding hydrogens is 287 g/mol. The molecule has 6 heteroatoms. The normalized spacial score (nSPS) is 10.4. The number of benzene rings is 1. The molecule has 0 unspecified atom stereocenters. The maximum atomic E-state index is 5.91. The molecule has 2 aromatic rings. The van der Waals surface area contributed by atoms with E-state index in [2.05, 4.69) is 9.97 Å². The fourth-order valence-electron chi connectivity index (χ4n) is 1.04. The predicted molar refractivity (Wildman–Crippen MR) is 67.6 cm³/mol. The monoisotopic (exact) mass is 290 g/mol. The molecule has 0 saturated carbocycles. The molecule has 0 amide bonds. The lowest BCUT2D eigenvalue weighted by Crippen LogP contribution is -1.83. The van der Waals surface area contributed by atoms with E-state index in [1.165, 1.54) is 11.8 Å². The number of hydrogen-bond acceptors (Lipinski definition) is 3. The van der Waals surface area contributed by atoms with Crippen molar-refractivity contribution < 1.29 is 0 Å². The Labute approximate surface area is 112 Å². The van der Waals surface area contributed by atoms with Gasteiger partial charge in [0.2, 0.25) is 5.28 Å². The molecule has 2 nitrogen and oxygen atoms in total. The summed E-state index contributed by atoms with van der Waals surface area (Å²) in [6, 6.07) is 7.17. The van der Waals surface area contributed by atoms with Gasteiger partial charge < -0.3 is 0 Å². The molecule has 16 heavy (non-hydrogen) atoms. The van der Waals surface area contributed by atoms with Gasteiger partial charge in [-0.25, -0.2) is 9.97 Å². The molecule has 2 rings (SSSR count). The average molecular weight is 292 g/mol. The largest absolute Gasteiger partial charge is 0.226 e. The van der Waals surface area contributed by atoms with E-state index >= 15 is 0 Å². The number of hydrogen-bond donors (Lipinski definition) is 0. The van der Waals surface area contributed by atoms with E-state index in [0.717, 1.165) is 9.92 Å². The molecule has 0 bridgehead atoms. The molecule has 0 radical (unpaired) electrons. The Kier molecular flexibility index (Phi) is 3.92. The van der Waals surface area contributed by atoms with Gasteiger partial charge in [0, 0.05) is 11.1 Å². The van der Waals surface area contributed by atoms with Crippen LogP contribution in [0.15, 0.2) is 40.4 Å². The third-order valence-electron chi connectivity index (χ3n) is 1.71. The third kappa shape index (κ3) is 3.01. The number of nitrogens with zero attached hydrogens (tertiary/aromatic N) is 2. The smallest absolute Gasteiger partial charge is 0.223 e. The first-order chi connectivity index (χ1) is 7.65. The summed E-state index contributed by atoms with van der Waals surface area (Å²) in [6.07, 6.45) is 1.61. The Hall–Kier alpha value is -0.480. The zero-order valence-corrected chi connectivity index (χ0v) is 10.9. The van der Waals surface area contributed by atoms with Gasteiger partial charge >= 0.3 is 0 Å². The van der Waals surface area contributed by atoms with Crippen molar-refractivity contribution in [3.63, 3.8) is 0 Å². The highest BCUT2D eigenvalue weighted by Crippen LogP contribution is 2.31. The molecule has 0 aliphatic heterocycles. The predicted octanol–water partition coefficient (Wildman–Crippen LogP) is 4.59. The molecule has 0 spiro atoms. The molecule has 0 aliphatic carbocycles. The van der Waals surface area contributed by atoms with Crippen LogP contribution >= 0.6 is 46.6 Å². The Bertz CT molecular complexity index is 519. The van der Waals surface area contributed by atoms with Crippen LogP contribution in [0.25, 0.3) is 0 Å². The van der Waals surface area contributed by atoms with Crippen LogP contribution in [0.3, 0.4) is 0 Å². The highest BCUT2D eigenvalue weighted by molar-refractivity contribution is 7.99. The number of halogens is 3. The Morgan fingerprint density at radius 2 is 1.81 bits per heavy atom. The van der Waals surface area contributed by atoms with Gasteiger partial charge in [0.25, 0.3) is 0 Å². The summed E-state index contributed by atoms with van der Waals surface area (Å²) in [5.74, 6) is 0. The van der Waals surface area contributed by atoms with Gasteiger partial charge in [0.1, 0.15) is 5.03 Å². The van der Waals surface area contributed by atoms with Crippen LogP contribution in [-0.4, -0.2) is 9.97 Å². The highest BCUT2D eigenvalue weighted by atomic mass is 35.5. The number of rotatable bonds is 2. The lowest BCUT2D eigenvalue weighted by Gasteiger charge is -2.02. The Morgan fingerprint density at radius 1 is 1.00 bits per heavy atom. The molecule has 1 aromatic carbocycles. The zero-order chi connectivity index (χ0) is 11.5. The van der Waals surface area contributed by atoms with Gasteiger partial charge in [0.05, 0.1) is 10.0 Å². The van der Waals surface area contributed by atoms with Gasteiger partial charge in [-0.15, -0.1) is 0 Å². The summed E-state index contributed by atoms with van der Waals surface area (Å²) < 4.78 is 0. The van der Waals surface area contributed by atoms with Crippen LogP contribution in [0, 0.1) is 0 Å². The SMILES string of the molecule is Clc1nccc(Sc2ccc(Cl)c(Cl)c2)n1. The van der Waals surface area contributed by atoms with Crippen molar-refractivity contribution in [3.8, 4) is 0 Å². The summed E-state index contributed by atoms with van der Waals surface area (Å²) in [5, 5.41) is 2.04. The van der Waals surface area contributed by atoms with Gasteiger partial charge in [-0.1, -0.05) is 35.0 Å². The third-order valence-corrected chi connectivity index (χ3v) is 3.56. The fraction of sp³-hybridized carbons (Fsp3) is 0. The first-order valence-electron chi connectivity index (χ1n) is 4.26. The Morgan fingerprint density at radius 3 is 2.50 bits per heavy atom. The van der Waals surface area contributed by atoms with Crippen LogP contribution in [-0.2, 0) is 0 Å². The highest BCUT2D eigenvalue weighted by Gasteiger charge is 2.03. The summed E-state index contributed by atoms with van der Waals surface area (Å²) >= 11 is 18.9. The second kappa shape index (κ2) is 5.23. The minimum absolute atomic E-state index is 0.227. The molecule has 0 fully saturated rings. The second-order valence-electron chi connectivity index (χ2n) is 2.84. The van der Waals surface area contributed by atoms with Crippen molar-refractivity contribution in [2.45, 2.75) is 9.92 Å². The van der Waals surface area contributed by atoms with Crippen LogP contribution in [0.1, 0.15) is 0 Å². The van der Waals surface area contributed by atoms with E-state index in [0.29, 0.717) is 10.0 Å². The van der Waals surface area contributed by atoms with Gasteiger partial charge in [-0.05, 0) is 35.9 Å². The molecule has 82 valence electrons. The van der Waals surface area contributed by atoms with Crippen molar-refractivity contribution >= 4 is 46.6 Å². The van der Waals surface area contributed by atoms with Crippen molar-refractivity contribution in [1.82, 2.24) is 9.97 Å². The molecule has 0 atom stereocenters. The van der Waals surface area contributed by atoms with Gasteiger partial charge in [-0.2, -0.15) is 0 Å². The number of aromatic nitrogens is 2. The summed E-state index contributed by atoms with van der Waals surface area (Å²) in [4.78, 5) is 8.82. The van der Waals surface area contributed by atoms with Crippen molar-refractivity contribution in [3.05, 3.63) is 45.8 Å².